The summed E-state index contributed by atoms with van der Waals surface area (Å²) < 4.78 is 49.6. The van der Waals surface area contributed by atoms with Gasteiger partial charge in [-0.25, -0.2) is 9.78 Å². The van der Waals surface area contributed by atoms with Crippen LogP contribution < -0.4 is 16.3 Å². The molecule has 5 aromatic rings. The third-order valence-corrected chi connectivity index (χ3v) is 13.2. The molecule has 3 fully saturated rings. The topological polar surface area (TPSA) is 152 Å². The fraction of sp³-hybridized carbons (Fsp3) is 0.543. The SMILES string of the molecule is C[C@H](c1ccc(-c2cn(C3CCC(O)CC3)c3nc(NCCC(F)(F)F)ncc23)cc1)N1CCN(CCCOCCCc2ccc3c(c2)n(C)c(=O)n3C2CCC(=O)NC2=O)CC1. The smallest absolute Gasteiger partial charge is 0.390 e. The number of nitrogens with zero attached hydrogens (tertiary/aromatic N) is 7. The Labute approximate surface area is 364 Å². The largest absolute Gasteiger partial charge is 0.393 e. The van der Waals surface area contributed by atoms with Crippen LogP contribution in [0.15, 0.2) is 59.7 Å². The molecule has 3 aromatic heterocycles. The van der Waals surface area contributed by atoms with E-state index in [1.54, 1.807) is 17.8 Å². The Hall–Kier alpha value is -5.10. The second kappa shape index (κ2) is 19.3. The molecule has 1 aliphatic carbocycles. The van der Waals surface area contributed by atoms with Crippen molar-refractivity contribution in [2.75, 3.05) is 57.8 Å². The second-order valence-electron chi connectivity index (χ2n) is 17.4. The number of ether oxygens (including phenoxy) is 1. The highest BCUT2D eigenvalue weighted by atomic mass is 19.4. The van der Waals surface area contributed by atoms with Gasteiger partial charge in [-0.2, -0.15) is 18.2 Å². The summed E-state index contributed by atoms with van der Waals surface area (Å²) in [7, 11) is 1.71. The third kappa shape index (κ3) is 10.3. The molecule has 5 heterocycles. The summed E-state index contributed by atoms with van der Waals surface area (Å²) in [6, 6.07) is 14.2. The molecule has 8 rings (SSSR count). The van der Waals surface area contributed by atoms with Crippen LogP contribution in [0.4, 0.5) is 19.1 Å². The van der Waals surface area contributed by atoms with Crippen molar-refractivity contribution in [1.82, 2.24) is 38.8 Å². The molecule has 2 amide bonds. The molecule has 0 bridgehead atoms. The number of amides is 2. The molecule has 0 radical (unpaired) electrons. The zero-order valence-electron chi connectivity index (χ0n) is 36.1. The number of carbonyl (C=O) groups excluding carboxylic acids is 2. The number of piperidine rings is 1. The van der Waals surface area contributed by atoms with Crippen molar-refractivity contribution in [3.05, 3.63) is 76.5 Å². The van der Waals surface area contributed by atoms with Crippen molar-refractivity contribution in [2.45, 2.75) is 102 Å². The number of aromatic nitrogens is 5. The Morgan fingerprint density at radius 2 is 1.70 bits per heavy atom. The number of aliphatic hydroxyl groups excluding tert-OH is 1. The lowest BCUT2D eigenvalue weighted by Gasteiger charge is -2.38. The highest BCUT2D eigenvalue weighted by Crippen LogP contribution is 2.37. The van der Waals surface area contributed by atoms with Gasteiger partial charge in [0.25, 0.3) is 0 Å². The van der Waals surface area contributed by atoms with Crippen LogP contribution in [-0.4, -0.2) is 115 Å². The number of rotatable bonds is 16. The molecule has 1 unspecified atom stereocenters. The Morgan fingerprint density at radius 1 is 0.952 bits per heavy atom. The molecule has 14 nitrogen and oxygen atoms in total. The average molecular weight is 874 g/mol. The minimum Gasteiger partial charge on any atom is -0.393 e. The zero-order valence-corrected chi connectivity index (χ0v) is 36.1. The van der Waals surface area contributed by atoms with Crippen LogP contribution in [0, 0.1) is 0 Å². The van der Waals surface area contributed by atoms with Crippen molar-refractivity contribution < 1.29 is 32.6 Å². The van der Waals surface area contributed by atoms with E-state index >= 15 is 0 Å². The van der Waals surface area contributed by atoms with Gasteiger partial charge in [0.1, 0.15) is 11.7 Å². The second-order valence-corrected chi connectivity index (χ2v) is 17.4. The number of benzene rings is 2. The first-order valence-corrected chi connectivity index (χ1v) is 22.4. The molecule has 2 aromatic carbocycles. The van der Waals surface area contributed by atoms with Gasteiger partial charge in [0.05, 0.1) is 23.6 Å². The lowest BCUT2D eigenvalue weighted by atomic mass is 9.93. The maximum absolute atomic E-state index is 13.1. The van der Waals surface area contributed by atoms with E-state index in [1.807, 2.05) is 18.2 Å². The van der Waals surface area contributed by atoms with Crippen LogP contribution >= 0.6 is 0 Å². The number of hydrogen-bond donors (Lipinski definition) is 3. The van der Waals surface area contributed by atoms with E-state index in [9.17, 15) is 32.7 Å². The van der Waals surface area contributed by atoms with Gasteiger partial charge in [-0.1, -0.05) is 30.3 Å². The fourth-order valence-electron chi connectivity index (χ4n) is 9.47. The standard InChI is InChI=1S/C46H58F3N9O5/c1-30(32-7-9-33(10-8-32)37-29-57(34-11-13-35(59)14-12-34)42-36(37)28-51-44(53-42)50-19-18-46(47,48)49)56-23-21-55(22-24-56)20-4-26-63-25-3-5-31-6-15-38-40(27-31)54(2)45(62)58(38)39-16-17-41(60)52-43(39)61/h6-10,15,27-30,34-35,39,59H,3-5,11-14,16-26H2,1-2H3,(H,50,51,53)(H,52,60,61)/t30-,34?,35?,39?/m1/s1. The van der Waals surface area contributed by atoms with Gasteiger partial charge in [-0.3, -0.25) is 28.9 Å². The number of aliphatic hydroxyl groups is 1. The number of imide groups is 1. The minimum absolute atomic E-state index is 0.128. The number of hydrogen-bond acceptors (Lipinski definition) is 10. The average Bonchev–Trinajstić information content (AvgIpc) is 3.76. The van der Waals surface area contributed by atoms with Crippen LogP contribution in [-0.2, 0) is 27.8 Å². The number of fused-ring (bicyclic) bond motifs is 2. The molecule has 2 aliphatic heterocycles. The van der Waals surface area contributed by atoms with Crippen molar-refractivity contribution in [3.8, 4) is 11.1 Å². The van der Waals surface area contributed by atoms with Crippen molar-refractivity contribution in [2.24, 2.45) is 7.05 Å². The zero-order chi connectivity index (χ0) is 44.3. The first-order valence-electron chi connectivity index (χ1n) is 22.4. The summed E-state index contributed by atoms with van der Waals surface area (Å²) >= 11 is 0. The quantitative estimate of drug-likeness (QED) is 0.0763. The van der Waals surface area contributed by atoms with Crippen LogP contribution in [0.25, 0.3) is 33.2 Å². The summed E-state index contributed by atoms with van der Waals surface area (Å²) in [6.45, 7) is 8.19. The number of aryl methyl sites for hydroxylation is 2. The van der Waals surface area contributed by atoms with E-state index in [4.69, 9.17) is 9.72 Å². The van der Waals surface area contributed by atoms with E-state index < -0.39 is 24.5 Å². The number of piperazine rings is 1. The van der Waals surface area contributed by atoms with Crippen LogP contribution in [0.5, 0.6) is 0 Å². The first-order chi connectivity index (χ1) is 30.3. The van der Waals surface area contributed by atoms with Gasteiger partial charge in [0.2, 0.25) is 17.8 Å². The highest BCUT2D eigenvalue weighted by Gasteiger charge is 2.32. The third-order valence-electron chi connectivity index (χ3n) is 13.2. The number of alkyl halides is 3. The lowest BCUT2D eigenvalue weighted by molar-refractivity contribution is -0.136. The van der Waals surface area contributed by atoms with Crippen molar-refractivity contribution >= 4 is 39.8 Å². The number of halogens is 3. The number of carbonyl (C=O) groups is 2. The summed E-state index contributed by atoms with van der Waals surface area (Å²) in [6.07, 6.45) is 4.35. The van der Waals surface area contributed by atoms with Crippen molar-refractivity contribution in [1.29, 1.82) is 0 Å². The number of anilines is 1. The Balaban J connectivity index is 0.786. The van der Waals surface area contributed by atoms with Gasteiger partial charge >= 0.3 is 11.9 Å². The molecule has 2 atom stereocenters. The van der Waals surface area contributed by atoms with E-state index in [0.29, 0.717) is 43.6 Å². The minimum atomic E-state index is -4.27. The van der Waals surface area contributed by atoms with Gasteiger partial charge < -0.3 is 24.6 Å². The summed E-state index contributed by atoms with van der Waals surface area (Å²) in [5, 5.41) is 16.1. The monoisotopic (exact) mass is 873 g/mol. The van der Waals surface area contributed by atoms with Crippen molar-refractivity contribution in [3.63, 3.8) is 0 Å². The maximum Gasteiger partial charge on any atom is 0.390 e. The van der Waals surface area contributed by atoms with E-state index in [1.165, 1.54) is 10.1 Å². The molecule has 3 N–H and O–H groups in total. The summed E-state index contributed by atoms with van der Waals surface area (Å²) in [4.78, 5) is 51.3. The van der Waals surface area contributed by atoms with Gasteiger partial charge in [0.15, 0.2) is 0 Å². The van der Waals surface area contributed by atoms with Gasteiger partial charge in [0, 0.05) is 101 Å². The van der Waals surface area contributed by atoms with Gasteiger partial charge in [-0.05, 0) is 87.1 Å². The molecule has 3 aliphatic rings. The molecular weight excluding hydrogens is 816 g/mol. The highest BCUT2D eigenvalue weighted by molar-refractivity contribution is 6.00. The first kappa shape index (κ1) is 44.5. The van der Waals surface area contributed by atoms with Crippen LogP contribution in [0.2, 0.25) is 0 Å². The molecule has 338 valence electrons. The number of nitrogens with one attached hydrogen (secondary N) is 2. The molecular formula is C46H58F3N9O5. The van der Waals surface area contributed by atoms with E-state index in [2.05, 4.69) is 67.4 Å². The lowest BCUT2D eigenvalue weighted by Crippen LogP contribution is -2.47. The molecule has 0 spiro atoms. The maximum atomic E-state index is 13.1. The molecule has 2 saturated heterocycles. The van der Waals surface area contributed by atoms with E-state index in [0.717, 1.165) is 92.4 Å². The number of imidazole rings is 1. The Morgan fingerprint density at radius 3 is 2.43 bits per heavy atom. The normalized spacial score (nSPS) is 21.0. The van der Waals surface area contributed by atoms with Crippen LogP contribution in [0.3, 0.4) is 0 Å². The van der Waals surface area contributed by atoms with Gasteiger partial charge in [-0.15, -0.1) is 0 Å². The predicted octanol–water partition coefficient (Wildman–Crippen LogP) is 6.29. The molecule has 17 heteroatoms. The molecule has 1 saturated carbocycles. The Bertz CT molecular complexity index is 2450. The van der Waals surface area contributed by atoms with E-state index in [-0.39, 0.29) is 48.7 Å². The summed E-state index contributed by atoms with van der Waals surface area (Å²) in [5.41, 5.74) is 6.19. The fourth-order valence-corrected chi connectivity index (χ4v) is 9.47. The van der Waals surface area contributed by atoms with Crippen LogP contribution in [0.1, 0.15) is 94.0 Å². The Kier molecular flexibility index (Phi) is 13.7. The summed E-state index contributed by atoms with van der Waals surface area (Å²) in [5.74, 6) is -0.573. The molecule has 63 heavy (non-hydrogen) atoms. The predicted molar refractivity (Wildman–Crippen MR) is 234 cm³/mol.